The molecule has 2 rings (SSSR count). The van der Waals surface area contributed by atoms with E-state index in [9.17, 15) is 0 Å². The maximum atomic E-state index is 5.61. The van der Waals surface area contributed by atoms with Crippen molar-refractivity contribution in [3.8, 4) is 0 Å². The van der Waals surface area contributed by atoms with Crippen molar-refractivity contribution in [1.29, 1.82) is 0 Å². The Morgan fingerprint density at radius 3 is 3.25 bits per heavy atom. The first kappa shape index (κ1) is 11.6. The Kier molecular flexibility index (Phi) is 4.36. The zero-order valence-corrected chi connectivity index (χ0v) is 9.91. The summed E-state index contributed by atoms with van der Waals surface area (Å²) in [5.74, 6) is 1.04. The second-order valence-electron chi connectivity index (χ2n) is 4.36. The van der Waals surface area contributed by atoms with Crippen LogP contribution < -0.4 is 5.32 Å². The number of aromatic amines is 1. The Bertz CT molecular complexity index is 280. The minimum Gasteiger partial charge on any atom is -0.377 e. The van der Waals surface area contributed by atoms with E-state index in [1.807, 2.05) is 12.4 Å². The Morgan fingerprint density at radius 1 is 1.69 bits per heavy atom. The zero-order valence-electron chi connectivity index (χ0n) is 9.91. The molecule has 1 aliphatic heterocycles. The summed E-state index contributed by atoms with van der Waals surface area (Å²) in [5, 5.41) is 3.55. The number of hydrogen-bond acceptors (Lipinski definition) is 3. The first-order valence-electron chi connectivity index (χ1n) is 6.24. The van der Waals surface area contributed by atoms with Crippen LogP contribution >= 0.6 is 0 Å². The van der Waals surface area contributed by atoms with Crippen molar-refractivity contribution >= 4 is 0 Å². The molecule has 0 saturated carbocycles. The van der Waals surface area contributed by atoms with Crippen molar-refractivity contribution in [2.45, 2.75) is 44.8 Å². The molecular formula is C12H21N3O. The van der Waals surface area contributed by atoms with Gasteiger partial charge >= 0.3 is 0 Å². The number of ether oxygens (including phenoxy) is 1. The molecule has 1 aliphatic rings. The van der Waals surface area contributed by atoms with Crippen molar-refractivity contribution in [3.63, 3.8) is 0 Å². The highest BCUT2D eigenvalue weighted by Gasteiger charge is 2.18. The number of H-pyrrole nitrogens is 1. The third-order valence-corrected chi connectivity index (χ3v) is 3.04. The minimum atomic E-state index is 0.337. The van der Waals surface area contributed by atoms with Crippen LogP contribution in [0.3, 0.4) is 0 Å². The molecule has 4 nitrogen and oxygen atoms in total. The number of nitrogens with one attached hydrogen (secondary N) is 2. The number of aromatic nitrogens is 2. The van der Waals surface area contributed by atoms with E-state index in [4.69, 9.17) is 4.74 Å². The van der Waals surface area contributed by atoms with E-state index >= 15 is 0 Å². The van der Waals surface area contributed by atoms with Crippen LogP contribution in [0.15, 0.2) is 12.4 Å². The molecule has 1 saturated heterocycles. The second kappa shape index (κ2) is 6.01. The van der Waals surface area contributed by atoms with Gasteiger partial charge in [0.25, 0.3) is 0 Å². The molecular weight excluding hydrogens is 202 g/mol. The molecule has 1 aromatic rings. The fourth-order valence-corrected chi connectivity index (χ4v) is 2.17. The van der Waals surface area contributed by atoms with E-state index in [0.717, 1.165) is 31.8 Å². The molecule has 0 spiro atoms. The van der Waals surface area contributed by atoms with Crippen molar-refractivity contribution in [2.75, 3.05) is 13.2 Å². The quantitative estimate of drug-likeness (QED) is 0.775. The molecule has 0 bridgehead atoms. The highest BCUT2D eigenvalue weighted by atomic mass is 16.5. The van der Waals surface area contributed by atoms with Gasteiger partial charge in [-0.3, -0.25) is 0 Å². The van der Waals surface area contributed by atoms with Crippen molar-refractivity contribution in [3.05, 3.63) is 18.2 Å². The van der Waals surface area contributed by atoms with E-state index < -0.39 is 0 Å². The van der Waals surface area contributed by atoms with Crippen LogP contribution in [0.1, 0.15) is 44.5 Å². The van der Waals surface area contributed by atoms with E-state index in [0.29, 0.717) is 12.1 Å². The SMILES string of the molecule is CCCC(NCC1CCCO1)c1ncc[nH]1. The van der Waals surface area contributed by atoms with Gasteiger partial charge in [-0.1, -0.05) is 13.3 Å². The molecule has 4 heteroatoms. The molecule has 0 aromatic carbocycles. The van der Waals surface area contributed by atoms with E-state index in [-0.39, 0.29) is 0 Å². The smallest absolute Gasteiger partial charge is 0.123 e. The van der Waals surface area contributed by atoms with Crippen molar-refractivity contribution < 1.29 is 4.74 Å². The average molecular weight is 223 g/mol. The molecule has 90 valence electrons. The Balaban J connectivity index is 1.82. The lowest BCUT2D eigenvalue weighted by atomic mass is 10.1. The number of nitrogens with zero attached hydrogens (tertiary/aromatic N) is 1. The van der Waals surface area contributed by atoms with Crippen LogP contribution in [0.2, 0.25) is 0 Å². The lowest BCUT2D eigenvalue weighted by molar-refractivity contribution is 0.107. The molecule has 0 radical (unpaired) electrons. The highest BCUT2D eigenvalue weighted by Crippen LogP contribution is 2.16. The van der Waals surface area contributed by atoms with Crippen LogP contribution in [0.25, 0.3) is 0 Å². The topological polar surface area (TPSA) is 49.9 Å². The third kappa shape index (κ3) is 3.06. The van der Waals surface area contributed by atoms with E-state index in [2.05, 4.69) is 22.2 Å². The molecule has 16 heavy (non-hydrogen) atoms. The van der Waals surface area contributed by atoms with Crippen LogP contribution in [0.5, 0.6) is 0 Å². The first-order chi connectivity index (χ1) is 7.90. The molecule has 2 unspecified atom stereocenters. The van der Waals surface area contributed by atoms with Gasteiger partial charge in [0, 0.05) is 25.5 Å². The van der Waals surface area contributed by atoms with Crippen LogP contribution in [0, 0.1) is 0 Å². The molecule has 0 amide bonds. The van der Waals surface area contributed by atoms with Crippen LogP contribution in [0.4, 0.5) is 0 Å². The Hall–Kier alpha value is -0.870. The molecule has 2 atom stereocenters. The molecule has 0 aliphatic carbocycles. The monoisotopic (exact) mass is 223 g/mol. The Labute approximate surface area is 96.8 Å². The van der Waals surface area contributed by atoms with E-state index in [1.54, 1.807) is 0 Å². The van der Waals surface area contributed by atoms with Gasteiger partial charge in [-0.2, -0.15) is 0 Å². The number of hydrogen-bond donors (Lipinski definition) is 2. The number of rotatable bonds is 6. The van der Waals surface area contributed by atoms with Gasteiger partial charge in [-0.25, -0.2) is 4.98 Å². The van der Waals surface area contributed by atoms with Crippen molar-refractivity contribution in [1.82, 2.24) is 15.3 Å². The summed E-state index contributed by atoms with van der Waals surface area (Å²) >= 11 is 0. The average Bonchev–Trinajstić information content (AvgIpc) is 2.96. The normalized spacial score (nSPS) is 22.4. The summed E-state index contributed by atoms with van der Waals surface area (Å²) in [6.07, 6.45) is 8.74. The lowest BCUT2D eigenvalue weighted by Crippen LogP contribution is -2.30. The van der Waals surface area contributed by atoms with Gasteiger partial charge in [0.15, 0.2) is 0 Å². The predicted molar refractivity (Wildman–Crippen MR) is 63.2 cm³/mol. The maximum Gasteiger partial charge on any atom is 0.123 e. The van der Waals surface area contributed by atoms with Gasteiger partial charge in [-0.15, -0.1) is 0 Å². The van der Waals surface area contributed by atoms with Gasteiger partial charge < -0.3 is 15.0 Å². The zero-order chi connectivity index (χ0) is 11.2. The lowest BCUT2D eigenvalue weighted by Gasteiger charge is -2.18. The summed E-state index contributed by atoms with van der Waals surface area (Å²) in [5.41, 5.74) is 0. The Morgan fingerprint density at radius 2 is 2.62 bits per heavy atom. The van der Waals surface area contributed by atoms with Gasteiger partial charge in [0.05, 0.1) is 12.1 Å². The molecule has 2 N–H and O–H groups in total. The summed E-state index contributed by atoms with van der Waals surface area (Å²) in [7, 11) is 0. The summed E-state index contributed by atoms with van der Waals surface area (Å²) in [6, 6.07) is 0.337. The molecule has 2 heterocycles. The van der Waals surface area contributed by atoms with Gasteiger partial charge in [-0.05, 0) is 19.3 Å². The first-order valence-corrected chi connectivity index (χ1v) is 6.24. The predicted octanol–water partition coefficient (Wildman–Crippen LogP) is 2.02. The summed E-state index contributed by atoms with van der Waals surface area (Å²) in [4.78, 5) is 7.50. The summed E-state index contributed by atoms with van der Waals surface area (Å²) < 4.78 is 5.61. The minimum absolute atomic E-state index is 0.337. The largest absolute Gasteiger partial charge is 0.377 e. The fraction of sp³-hybridized carbons (Fsp3) is 0.750. The molecule has 1 aromatic heterocycles. The van der Waals surface area contributed by atoms with Crippen LogP contribution in [-0.4, -0.2) is 29.2 Å². The van der Waals surface area contributed by atoms with Gasteiger partial charge in [0.2, 0.25) is 0 Å². The standard InChI is InChI=1S/C12H21N3O/c1-2-4-11(12-13-6-7-14-12)15-9-10-5-3-8-16-10/h6-7,10-11,15H,2-5,8-9H2,1H3,(H,13,14). The summed E-state index contributed by atoms with van der Waals surface area (Å²) in [6.45, 7) is 4.06. The third-order valence-electron chi connectivity index (χ3n) is 3.04. The van der Waals surface area contributed by atoms with Crippen LogP contribution in [-0.2, 0) is 4.74 Å². The molecule has 1 fully saturated rings. The van der Waals surface area contributed by atoms with Crippen molar-refractivity contribution in [2.24, 2.45) is 0 Å². The highest BCUT2D eigenvalue weighted by molar-refractivity contribution is 4.95. The fourth-order valence-electron chi connectivity index (χ4n) is 2.17. The maximum absolute atomic E-state index is 5.61. The van der Waals surface area contributed by atoms with E-state index in [1.165, 1.54) is 12.8 Å². The van der Waals surface area contributed by atoms with Gasteiger partial charge in [0.1, 0.15) is 5.82 Å². The number of imidazole rings is 1. The second-order valence-corrected chi connectivity index (χ2v) is 4.36.